The lowest BCUT2D eigenvalue weighted by Crippen LogP contribution is -2.45. The standard InChI is InChI=1S/C15H18FNO3/c1-14(2,3)20-13(19)17-15(8-9-15)12(18)10-4-6-11(16)7-5-10/h4-7H,8-9H2,1-3H3,(H,17,19). The van der Waals surface area contributed by atoms with Crippen molar-refractivity contribution in [2.75, 3.05) is 0 Å². The molecule has 1 amide bonds. The number of hydrogen-bond donors (Lipinski definition) is 1. The molecule has 1 aromatic rings. The van der Waals surface area contributed by atoms with Gasteiger partial charge in [-0.3, -0.25) is 4.79 Å². The van der Waals surface area contributed by atoms with E-state index in [1.54, 1.807) is 20.8 Å². The lowest BCUT2D eigenvalue weighted by atomic mass is 10.0. The maximum Gasteiger partial charge on any atom is 0.408 e. The van der Waals surface area contributed by atoms with Crippen molar-refractivity contribution in [2.45, 2.75) is 44.8 Å². The molecule has 1 saturated carbocycles. The molecule has 0 aliphatic heterocycles. The fraction of sp³-hybridized carbons (Fsp3) is 0.467. The van der Waals surface area contributed by atoms with Gasteiger partial charge in [-0.1, -0.05) is 0 Å². The predicted molar refractivity (Wildman–Crippen MR) is 72.1 cm³/mol. The normalized spacial score (nSPS) is 16.4. The van der Waals surface area contributed by atoms with Crippen molar-refractivity contribution in [3.05, 3.63) is 35.6 Å². The molecule has 0 unspecified atom stereocenters. The van der Waals surface area contributed by atoms with Crippen LogP contribution in [0.2, 0.25) is 0 Å². The average molecular weight is 279 g/mol. The van der Waals surface area contributed by atoms with Crippen LogP contribution in [0.25, 0.3) is 0 Å². The van der Waals surface area contributed by atoms with E-state index in [-0.39, 0.29) is 5.78 Å². The van der Waals surface area contributed by atoms with Crippen LogP contribution in [0, 0.1) is 5.82 Å². The summed E-state index contributed by atoms with van der Waals surface area (Å²) in [6.07, 6.45) is 0.538. The molecular weight excluding hydrogens is 261 g/mol. The Hall–Kier alpha value is -1.91. The van der Waals surface area contributed by atoms with Crippen molar-refractivity contribution in [2.24, 2.45) is 0 Å². The molecule has 0 radical (unpaired) electrons. The summed E-state index contributed by atoms with van der Waals surface area (Å²) in [5.74, 6) is -0.602. The van der Waals surface area contributed by atoms with Gasteiger partial charge in [0.15, 0.2) is 5.78 Å². The fourth-order valence-corrected chi connectivity index (χ4v) is 1.91. The van der Waals surface area contributed by atoms with E-state index in [1.807, 2.05) is 0 Å². The third-order valence-corrected chi connectivity index (χ3v) is 3.03. The molecule has 2 rings (SSSR count). The topological polar surface area (TPSA) is 55.4 Å². The van der Waals surface area contributed by atoms with Crippen molar-refractivity contribution in [1.82, 2.24) is 5.32 Å². The van der Waals surface area contributed by atoms with Crippen molar-refractivity contribution >= 4 is 11.9 Å². The van der Waals surface area contributed by atoms with Gasteiger partial charge >= 0.3 is 6.09 Å². The van der Waals surface area contributed by atoms with Crippen molar-refractivity contribution in [3.63, 3.8) is 0 Å². The number of rotatable bonds is 3. The molecule has 1 aliphatic rings. The molecule has 1 aliphatic carbocycles. The molecule has 4 nitrogen and oxygen atoms in total. The number of ether oxygens (including phenoxy) is 1. The Labute approximate surface area is 117 Å². The molecule has 0 atom stereocenters. The van der Waals surface area contributed by atoms with Crippen LogP contribution in [-0.4, -0.2) is 23.0 Å². The zero-order valence-corrected chi connectivity index (χ0v) is 11.8. The number of hydrogen-bond acceptors (Lipinski definition) is 3. The lowest BCUT2D eigenvalue weighted by molar-refractivity contribution is 0.0482. The Kier molecular flexibility index (Phi) is 3.54. The number of carbonyl (C=O) groups excluding carboxylic acids is 2. The Morgan fingerprint density at radius 1 is 1.20 bits per heavy atom. The molecule has 0 aromatic heterocycles. The van der Waals surface area contributed by atoms with Crippen LogP contribution in [0.5, 0.6) is 0 Å². The molecule has 108 valence electrons. The smallest absolute Gasteiger partial charge is 0.408 e. The minimum absolute atomic E-state index is 0.205. The van der Waals surface area contributed by atoms with Gasteiger partial charge in [-0.25, -0.2) is 9.18 Å². The number of Topliss-reactive ketones (excluding diaryl/α,β-unsaturated/α-hetero) is 1. The van der Waals surface area contributed by atoms with Crippen LogP contribution in [-0.2, 0) is 4.74 Å². The first kappa shape index (κ1) is 14.5. The monoisotopic (exact) mass is 279 g/mol. The van der Waals surface area contributed by atoms with E-state index in [0.29, 0.717) is 18.4 Å². The van der Waals surface area contributed by atoms with Gasteiger partial charge in [-0.05, 0) is 57.9 Å². The maximum absolute atomic E-state index is 12.9. The van der Waals surface area contributed by atoms with Crippen LogP contribution in [0.4, 0.5) is 9.18 Å². The van der Waals surface area contributed by atoms with Crippen molar-refractivity contribution in [1.29, 1.82) is 0 Å². The third-order valence-electron chi connectivity index (χ3n) is 3.03. The second-order valence-electron chi connectivity index (χ2n) is 6.05. The fourth-order valence-electron chi connectivity index (χ4n) is 1.91. The summed E-state index contributed by atoms with van der Waals surface area (Å²) in [6, 6.07) is 5.32. The summed E-state index contributed by atoms with van der Waals surface area (Å²) in [6.45, 7) is 5.27. The van der Waals surface area contributed by atoms with Crippen LogP contribution in [0.3, 0.4) is 0 Å². The number of benzene rings is 1. The van der Waals surface area contributed by atoms with Crippen LogP contribution in [0.1, 0.15) is 44.0 Å². The number of carbonyl (C=O) groups is 2. The van der Waals surface area contributed by atoms with Gasteiger partial charge < -0.3 is 10.1 Å². The molecule has 0 spiro atoms. The number of alkyl carbamates (subject to hydrolysis) is 1. The van der Waals surface area contributed by atoms with E-state index in [0.717, 1.165) is 0 Å². The second kappa shape index (κ2) is 4.89. The predicted octanol–water partition coefficient (Wildman–Crippen LogP) is 3.07. The first-order valence-electron chi connectivity index (χ1n) is 6.53. The van der Waals surface area contributed by atoms with Crippen LogP contribution >= 0.6 is 0 Å². The summed E-state index contributed by atoms with van der Waals surface area (Å²) in [4.78, 5) is 24.1. The highest BCUT2D eigenvalue weighted by atomic mass is 19.1. The van der Waals surface area contributed by atoms with Gasteiger partial charge in [-0.15, -0.1) is 0 Å². The minimum atomic E-state index is -0.889. The molecule has 20 heavy (non-hydrogen) atoms. The largest absolute Gasteiger partial charge is 0.444 e. The molecule has 0 saturated heterocycles. The minimum Gasteiger partial charge on any atom is -0.444 e. The molecule has 1 fully saturated rings. The quantitative estimate of drug-likeness (QED) is 0.865. The van der Waals surface area contributed by atoms with E-state index >= 15 is 0 Å². The highest BCUT2D eigenvalue weighted by Gasteiger charge is 2.51. The lowest BCUT2D eigenvalue weighted by Gasteiger charge is -2.22. The van der Waals surface area contributed by atoms with Gasteiger partial charge in [0.05, 0.1) is 0 Å². The van der Waals surface area contributed by atoms with Gasteiger partial charge in [0.25, 0.3) is 0 Å². The van der Waals surface area contributed by atoms with E-state index in [4.69, 9.17) is 4.74 Å². The van der Waals surface area contributed by atoms with E-state index in [9.17, 15) is 14.0 Å². The molecule has 5 heteroatoms. The van der Waals surface area contributed by atoms with E-state index in [1.165, 1.54) is 24.3 Å². The number of amides is 1. The Bertz CT molecular complexity index is 527. The average Bonchev–Trinajstić information content (AvgIpc) is 3.07. The summed E-state index contributed by atoms with van der Waals surface area (Å²) in [5, 5.41) is 2.63. The van der Waals surface area contributed by atoms with Crippen LogP contribution < -0.4 is 5.32 Å². The van der Waals surface area contributed by atoms with E-state index in [2.05, 4.69) is 5.32 Å². The second-order valence-corrected chi connectivity index (χ2v) is 6.05. The van der Waals surface area contributed by atoms with Crippen molar-refractivity contribution < 1.29 is 18.7 Å². The SMILES string of the molecule is CC(C)(C)OC(=O)NC1(C(=O)c2ccc(F)cc2)CC1. The maximum atomic E-state index is 12.9. The first-order chi connectivity index (χ1) is 9.22. The molecule has 0 heterocycles. The van der Waals surface area contributed by atoms with Crippen molar-refractivity contribution in [3.8, 4) is 0 Å². The van der Waals surface area contributed by atoms with Gasteiger partial charge in [-0.2, -0.15) is 0 Å². The zero-order valence-electron chi connectivity index (χ0n) is 11.8. The first-order valence-corrected chi connectivity index (χ1v) is 6.53. The van der Waals surface area contributed by atoms with Gasteiger partial charge in [0, 0.05) is 5.56 Å². The summed E-state index contributed by atoms with van der Waals surface area (Å²) >= 11 is 0. The molecular formula is C15H18FNO3. The Morgan fingerprint density at radius 3 is 2.20 bits per heavy atom. The highest BCUT2D eigenvalue weighted by Crippen LogP contribution is 2.38. The number of nitrogens with one attached hydrogen (secondary N) is 1. The number of halogens is 1. The Morgan fingerprint density at radius 2 is 1.75 bits per heavy atom. The van der Waals surface area contributed by atoms with Gasteiger partial charge in [0.2, 0.25) is 0 Å². The van der Waals surface area contributed by atoms with Crippen LogP contribution in [0.15, 0.2) is 24.3 Å². The summed E-state index contributed by atoms with van der Waals surface area (Å²) in [7, 11) is 0. The molecule has 1 aromatic carbocycles. The van der Waals surface area contributed by atoms with E-state index < -0.39 is 23.1 Å². The Balaban J connectivity index is 2.06. The highest BCUT2D eigenvalue weighted by molar-refractivity contribution is 6.06. The van der Waals surface area contributed by atoms with Gasteiger partial charge in [0.1, 0.15) is 17.0 Å². The molecule has 0 bridgehead atoms. The zero-order chi connectivity index (χ0) is 15.0. The summed E-state index contributed by atoms with van der Waals surface area (Å²) in [5.41, 5.74) is -1.11. The third kappa shape index (κ3) is 3.35. The number of ketones is 1. The summed E-state index contributed by atoms with van der Waals surface area (Å²) < 4.78 is 18.0. The molecule has 1 N–H and O–H groups in total.